The van der Waals surface area contributed by atoms with Crippen LogP contribution in [-0.2, 0) is 33.5 Å². The van der Waals surface area contributed by atoms with Gasteiger partial charge in [-0.25, -0.2) is 9.59 Å². The fraction of sp³-hybridized carbons (Fsp3) is 0.231. The summed E-state index contributed by atoms with van der Waals surface area (Å²) in [6.07, 6.45) is 0. The van der Waals surface area contributed by atoms with Crippen LogP contribution in [0, 0.1) is 0 Å². The standard InChI is InChI=1S/C26H22O15/c1-11(27)35-19-7-17(8-20(36-12(2)28)23(19)39-15(5)31)25(33)41-26(34)18-9-21(37-13(3)29)24(40-16(6)32)22(10-18)38-14(4)30/h7-10H,1-6H3. The molecule has 0 unspecified atom stereocenters. The van der Waals surface area contributed by atoms with Gasteiger partial charge in [0.05, 0.1) is 11.1 Å². The van der Waals surface area contributed by atoms with E-state index in [1.54, 1.807) is 0 Å². The van der Waals surface area contributed by atoms with Crippen LogP contribution in [0.3, 0.4) is 0 Å². The van der Waals surface area contributed by atoms with E-state index in [1.807, 2.05) is 0 Å². The minimum atomic E-state index is -1.38. The highest BCUT2D eigenvalue weighted by Crippen LogP contribution is 2.41. The van der Waals surface area contributed by atoms with Gasteiger partial charge in [-0.3, -0.25) is 28.8 Å². The Bertz CT molecular complexity index is 1280. The lowest BCUT2D eigenvalue weighted by Crippen LogP contribution is -2.16. The van der Waals surface area contributed by atoms with Gasteiger partial charge < -0.3 is 33.2 Å². The van der Waals surface area contributed by atoms with Crippen molar-refractivity contribution >= 4 is 47.8 Å². The lowest BCUT2D eigenvalue weighted by molar-refractivity contribution is -0.135. The van der Waals surface area contributed by atoms with Gasteiger partial charge >= 0.3 is 47.8 Å². The molecule has 0 saturated heterocycles. The van der Waals surface area contributed by atoms with Crippen LogP contribution in [0.2, 0.25) is 0 Å². The van der Waals surface area contributed by atoms with E-state index >= 15 is 0 Å². The van der Waals surface area contributed by atoms with Crippen molar-refractivity contribution in [3.63, 3.8) is 0 Å². The van der Waals surface area contributed by atoms with Crippen molar-refractivity contribution in [1.29, 1.82) is 0 Å². The molecule has 0 aromatic heterocycles. The zero-order chi connectivity index (χ0) is 31.0. The number of esters is 8. The number of carbonyl (C=O) groups is 8. The summed E-state index contributed by atoms with van der Waals surface area (Å²) in [5.74, 6) is -11.3. The van der Waals surface area contributed by atoms with Crippen LogP contribution in [0.15, 0.2) is 24.3 Å². The Balaban J connectivity index is 2.59. The molecule has 15 nitrogen and oxygen atoms in total. The average Bonchev–Trinajstić information content (AvgIpc) is 2.80. The molecule has 0 saturated carbocycles. The van der Waals surface area contributed by atoms with Crippen molar-refractivity contribution in [3.05, 3.63) is 35.4 Å². The number of carbonyl (C=O) groups excluding carboxylic acids is 8. The van der Waals surface area contributed by atoms with Gasteiger partial charge in [0.15, 0.2) is 23.0 Å². The molecule has 0 heterocycles. The van der Waals surface area contributed by atoms with Crippen molar-refractivity contribution in [2.24, 2.45) is 0 Å². The van der Waals surface area contributed by atoms with Crippen LogP contribution in [0.1, 0.15) is 62.3 Å². The monoisotopic (exact) mass is 574 g/mol. The van der Waals surface area contributed by atoms with Crippen LogP contribution in [-0.4, -0.2) is 47.8 Å². The average molecular weight is 574 g/mol. The summed E-state index contributed by atoms with van der Waals surface area (Å²) < 4.78 is 34.6. The topological polar surface area (TPSA) is 201 Å². The second-order valence-electron chi connectivity index (χ2n) is 7.84. The first-order chi connectivity index (χ1) is 19.1. The minimum absolute atomic E-state index is 0.501. The van der Waals surface area contributed by atoms with Gasteiger partial charge in [0.2, 0.25) is 11.5 Å². The summed E-state index contributed by atoms with van der Waals surface area (Å²) in [5.41, 5.74) is -1.00. The molecule has 0 spiro atoms. The number of benzene rings is 2. The molecule has 15 heteroatoms. The molecule has 2 aromatic carbocycles. The molecular formula is C26H22O15. The fourth-order valence-corrected chi connectivity index (χ4v) is 3.00. The molecular weight excluding hydrogens is 552 g/mol. The van der Waals surface area contributed by atoms with E-state index in [9.17, 15) is 38.4 Å². The summed E-state index contributed by atoms with van der Waals surface area (Å²) in [4.78, 5) is 95.3. The number of hydrogen-bond acceptors (Lipinski definition) is 15. The van der Waals surface area contributed by atoms with Crippen molar-refractivity contribution < 1.29 is 71.5 Å². The second kappa shape index (κ2) is 13.5. The highest BCUT2D eigenvalue weighted by atomic mass is 16.6. The quantitative estimate of drug-likeness (QED) is 0.252. The van der Waals surface area contributed by atoms with Crippen molar-refractivity contribution in [2.45, 2.75) is 41.5 Å². The van der Waals surface area contributed by atoms with Crippen LogP contribution in [0.25, 0.3) is 0 Å². The van der Waals surface area contributed by atoms with E-state index in [0.717, 1.165) is 65.8 Å². The zero-order valence-corrected chi connectivity index (χ0v) is 22.4. The maximum absolute atomic E-state index is 12.9. The van der Waals surface area contributed by atoms with E-state index in [1.165, 1.54) is 0 Å². The predicted molar refractivity (Wildman–Crippen MR) is 130 cm³/mol. The summed E-state index contributed by atoms with van der Waals surface area (Å²) in [6, 6.07) is 3.50. The molecule has 0 amide bonds. The van der Waals surface area contributed by atoms with Crippen LogP contribution in [0.4, 0.5) is 0 Å². The second-order valence-corrected chi connectivity index (χ2v) is 7.84. The van der Waals surface area contributed by atoms with E-state index in [4.69, 9.17) is 33.2 Å². The number of rotatable bonds is 8. The number of ether oxygens (including phenoxy) is 7. The first-order valence-corrected chi connectivity index (χ1v) is 11.3. The Morgan fingerprint density at radius 1 is 0.390 bits per heavy atom. The van der Waals surface area contributed by atoms with Gasteiger partial charge in [-0.15, -0.1) is 0 Å². The molecule has 0 aliphatic heterocycles. The van der Waals surface area contributed by atoms with E-state index in [2.05, 4.69) is 0 Å². The minimum Gasteiger partial charge on any atom is -0.423 e. The molecule has 216 valence electrons. The molecule has 0 aliphatic rings. The third kappa shape index (κ3) is 9.27. The molecule has 2 rings (SSSR count). The summed E-state index contributed by atoms with van der Waals surface area (Å²) in [7, 11) is 0. The Labute approximate surface area is 231 Å². The fourth-order valence-electron chi connectivity index (χ4n) is 3.00. The highest BCUT2D eigenvalue weighted by molar-refractivity contribution is 6.04. The van der Waals surface area contributed by atoms with Gasteiger partial charge in [0, 0.05) is 41.5 Å². The smallest absolute Gasteiger partial charge is 0.346 e. The molecule has 0 bridgehead atoms. The molecule has 0 radical (unpaired) electrons. The molecule has 0 fully saturated rings. The molecule has 2 aromatic rings. The third-order valence-electron chi connectivity index (χ3n) is 4.20. The Kier molecular flexibility index (Phi) is 10.4. The largest absolute Gasteiger partial charge is 0.423 e. The van der Waals surface area contributed by atoms with Gasteiger partial charge in [-0.05, 0) is 24.3 Å². The lowest BCUT2D eigenvalue weighted by atomic mass is 10.1. The molecule has 0 atom stereocenters. The summed E-state index contributed by atoms with van der Waals surface area (Å²) in [5, 5.41) is 0. The van der Waals surface area contributed by atoms with Gasteiger partial charge in [-0.2, -0.15) is 0 Å². The Morgan fingerprint density at radius 2 is 0.610 bits per heavy atom. The van der Waals surface area contributed by atoms with E-state index in [-0.39, 0.29) is 0 Å². The van der Waals surface area contributed by atoms with Crippen molar-refractivity contribution in [2.75, 3.05) is 0 Å². The van der Waals surface area contributed by atoms with Gasteiger partial charge in [0.25, 0.3) is 0 Å². The lowest BCUT2D eigenvalue weighted by Gasteiger charge is -2.15. The molecule has 41 heavy (non-hydrogen) atoms. The maximum Gasteiger partial charge on any atom is 0.346 e. The van der Waals surface area contributed by atoms with Crippen LogP contribution in [0.5, 0.6) is 34.5 Å². The summed E-state index contributed by atoms with van der Waals surface area (Å²) >= 11 is 0. The van der Waals surface area contributed by atoms with Crippen molar-refractivity contribution in [3.8, 4) is 34.5 Å². The zero-order valence-electron chi connectivity index (χ0n) is 22.4. The van der Waals surface area contributed by atoms with Gasteiger partial charge in [-0.1, -0.05) is 0 Å². The van der Waals surface area contributed by atoms with E-state index < -0.39 is 93.4 Å². The Morgan fingerprint density at radius 3 is 0.805 bits per heavy atom. The normalized spacial score (nSPS) is 10.0. The third-order valence-corrected chi connectivity index (χ3v) is 4.20. The van der Waals surface area contributed by atoms with Gasteiger partial charge in [0.1, 0.15) is 0 Å². The first-order valence-electron chi connectivity index (χ1n) is 11.3. The van der Waals surface area contributed by atoms with Crippen molar-refractivity contribution in [1.82, 2.24) is 0 Å². The van der Waals surface area contributed by atoms with Crippen LogP contribution >= 0.6 is 0 Å². The molecule has 0 N–H and O–H groups in total. The predicted octanol–water partition coefficient (Wildman–Crippen LogP) is 2.24. The highest BCUT2D eigenvalue weighted by Gasteiger charge is 2.27. The molecule has 0 aliphatic carbocycles. The summed E-state index contributed by atoms with van der Waals surface area (Å²) in [6.45, 7) is 6.02. The SMILES string of the molecule is CC(=O)Oc1cc(C(=O)OC(=O)c2cc(OC(C)=O)c(OC(C)=O)c(OC(C)=O)c2)cc(OC(C)=O)c1OC(C)=O. The number of hydrogen-bond donors (Lipinski definition) is 0. The first kappa shape index (κ1) is 31.6. The maximum atomic E-state index is 12.9. The van der Waals surface area contributed by atoms with Crippen LogP contribution < -0.4 is 28.4 Å². The van der Waals surface area contributed by atoms with E-state index in [0.29, 0.717) is 0 Å². The Hall–Kier alpha value is -5.60.